The number of carbonyl (C=O) groups excluding carboxylic acids is 1. The van der Waals surface area contributed by atoms with Crippen LogP contribution in [0.2, 0.25) is 0 Å². The van der Waals surface area contributed by atoms with Gasteiger partial charge in [0.15, 0.2) is 0 Å². The van der Waals surface area contributed by atoms with Gasteiger partial charge in [0.05, 0.1) is 18.8 Å². The maximum Gasteiger partial charge on any atom is 0.254 e. The molecule has 3 fully saturated rings. The molecule has 37 heavy (non-hydrogen) atoms. The third kappa shape index (κ3) is 5.27. The monoisotopic (exact) mass is 528 g/mol. The summed E-state index contributed by atoms with van der Waals surface area (Å²) in [5.74, 6) is 0.471. The molecule has 3 heterocycles. The number of methoxy groups -OCH3 is 1. The molecule has 2 atom stereocenters. The van der Waals surface area contributed by atoms with Crippen LogP contribution in [-0.4, -0.2) is 81.2 Å². The summed E-state index contributed by atoms with van der Waals surface area (Å²) in [6.07, 6.45) is 1.78. The van der Waals surface area contributed by atoms with Crippen LogP contribution in [0.25, 0.3) is 0 Å². The molecule has 3 saturated heterocycles. The van der Waals surface area contributed by atoms with E-state index in [9.17, 15) is 13.2 Å². The number of sulfonamides is 1. The minimum atomic E-state index is -3.46. The molecule has 200 valence electrons. The minimum Gasteiger partial charge on any atom is -0.486 e. The van der Waals surface area contributed by atoms with Crippen molar-refractivity contribution in [2.45, 2.75) is 56.6 Å². The highest BCUT2D eigenvalue weighted by molar-refractivity contribution is 7.88. The largest absolute Gasteiger partial charge is 0.486 e. The number of hydrogen-bond donors (Lipinski definition) is 0. The second-order valence-corrected chi connectivity index (χ2v) is 12.4. The van der Waals surface area contributed by atoms with Gasteiger partial charge in [0.1, 0.15) is 18.0 Å². The highest BCUT2D eigenvalue weighted by Gasteiger charge is 2.51. The number of hydrogen-bond acceptors (Lipinski definition) is 6. The standard InChI is InChI=1S/C28H36N2O6S/c1-20-7-8-21(2)24(15-20)27(31)29-17-25(34-3)26(18-29)36-23-6-4-5-22(16-23)19-37(32,33)30-12-9-28(30)10-13-35-14-11-28/h4-8,15-16,25-26H,9-14,17-19H2,1-3H3/t25-,26-/m1/s1. The molecule has 8 nitrogen and oxygen atoms in total. The van der Waals surface area contributed by atoms with Gasteiger partial charge in [-0.05, 0) is 62.4 Å². The summed E-state index contributed by atoms with van der Waals surface area (Å²) in [5, 5.41) is 0. The molecule has 1 spiro atoms. The second-order valence-electron chi connectivity index (χ2n) is 10.5. The zero-order valence-electron chi connectivity index (χ0n) is 21.8. The fourth-order valence-electron chi connectivity index (χ4n) is 5.76. The Kier molecular flexibility index (Phi) is 7.33. The van der Waals surface area contributed by atoms with Gasteiger partial charge in [-0.1, -0.05) is 29.8 Å². The van der Waals surface area contributed by atoms with Gasteiger partial charge in [-0.25, -0.2) is 8.42 Å². The lowest BCUT2D eigenvalue weighted by atomic mass is 9.81. The molecule has 9 heteroatoms. The average Bonchev–Trinajstić information content (AvgIpc) is 3.27. The van der Waals surface area contributed by atoms with Crippen molar-refractivity contribution in [1.29, 1.82) is 0 Å². The van der Waals surface area contributed by atoms with Crippen molar-refractivity contribution in [1.82, 2.24) is 9.21 Å². The van der Waals surface area contributed by atoms with Crippen molar-refractivity contribution < 1.29 is 27.4 Å². The Bertz CT molecular complexity index is 1260. The molecule has 2 aromatic rings. The number of likely N-dealkylation sites (tertiary alicyclic amines) is 1. The van der Waals surface area contributed by atoms with Gasteiger partial charge >= 0.3 is 0 Å². The Morgan fingerprint density at radius 3 is 2.51 bits per heavy atom. The van der Waals surface area contributed by atoms with Crippen LogP contribution in [-0.2, 0) is 25.2 Å². The first-order chi connectivity index (χ1) is 17.7. The van der Waals surface area contributed by atoms with Crippen molar-refractivity contribution in [3.8, 4) is 5.75 Å². The van der Waals surface area contributed by atoms with Gasteiger partial charge < -0.3 is 19.1 Å². The van der Waals surface area contributed by atoms with Crippen molar-refractivity contribution in [2.75, 3.05) is 40.0 Å². The third-order valence-corrected chi connectivity index (χ3v) is 9.97. The molecule has 3 aliphatic heterocycles. The van der Waals surface area contributed by atoms with Crippen LogP contribution in [0.5, 0.6) is 5.75 Å². The Labute approximate surface area is 219 Å². The van der Waals surface area contributed by atoms with E-state index in [1.165, 1.54) is 0 Å². The van der Waals surface area contributed by atoms with Crippen LogP contribution in [0.1, 0.15) is 46.3 Å². The van der Waals surface area contributed by atoms with Gasteiger partial charge in [0.2, 0.25) is 10.0 Å². The summed E-state index contributed by atoms with van der Waals surface area (Å²) in [6.45, 7) is 6.53. The summed E-state index contributed by atoms with van der Waals surface area (Å²) in [6, 6.07) is 13.1. The highest BCUT2D eigenvalue weighted by atomic mass is 32.2. The summed E-state index contributed by atoms with van der Waals surface area (Å²) < 4.78 is 45.7. The van der Waals surface area contributed by atoms with Gasteiger partial charge in [-0.15, -0.1) is 0 Å². The number of nitrogens with zero attached hydrogens (tertiary/aromatic N) is 2. The van der Waals surface area contributed by atoms with E-state index in [0.29, 0.717) is 49.7 Å². The first kappa shape index (κ1) is 26.2. The highest BCUT2D eigenvalue weighted by Crippen LogP contribution is 2.42. The maximum atomic E-state index is 13.3. The average molecular weight is 529 g/mol. The number of ether oxygens (including phenoxy) is 3. The summed E-state index contributed by atoms with van der Waals surface area (Å²) >= 11 is 0. The van der Waals surface area contributed by atoms with E-state index in [4.69, 9.17) is 14.2 Å². The lowest BCUT2D eigenvalue weighted by Crippen LogP contribution is -2.64. The molecular formula is C28H36N2O6S. The molecule has 1 amide bonds. The molecule has 0 saturated carbocycles. The Hall–Kier alpha value is -2.46. The van der Waals surface area contributed by atoms with Crippen LogP contribution in [0.3, 0.4) is 0 Å². The predicted octanol–water partition coefficient (Wildman–Crippen LogP) is 3.31. The van der Waals surface area contributed by atoms with Crippen molar-refractivity contribution in [3.05, 3.63) is 64.7 Å². The lowest BCUT2D eigenvalue weighted by molar-refractivity contribution is -0.0426. The predicted molar refractivity (Wildman–Crippen MR) is 140 cm³/mol. The number of amides is 1. The molecule has 0 bridgehead atoms. The third-order valence-electron chi connectivity index (χ3n) is 8.03. The smallest absolute Gasteiger partial charge is 0.254 e. The number of benzene rings is 2. The van der Waals surface area contributed by atoms with E-state index in [-0.39, 0.29) is 29.4 Å². The number of rotatable bonds is 7. The topological polar surface area (TPSA) is 85.4 Å². The van der Waals surface area contributed by atoms with Gasteiger partial charge in [0.25, 0.3) is 5.91 Å². The van der Waals surface area contributed by atoms with E-state index in [1.807, 2.05) is 50.2 Å². The molecule has 0 radical (unpaired) electrons. The molecular weight excluding hydrogens is 492 g/mol. The molecule has 0 aliphatic carbocycles. The molecule has 0 unspecified atom stereocenters. The molecule has 3 aliphatic rings. The van der Waals surface area contributed by atoms with E-state index < -0.39 is 10.0 Å². The summed E-state index contributed by atoms with van der Waals surface area (Å²) in [4.78, 5) is 15.0. The van der Waals surface area contributed by atoms with E-state index in [0.717, 1.165) is 30.4 Å². The molecule has 0 aromatic heterocycles. The SMILES string of the molecule is CO[C@@H]1CN(C(=O)c2cc(C)ccc2C)C[C@H]1Oc1cccc(CS(=O)(=O)N2CCC23CCOCC3)c1. The van der Waals surface area contributed by atoms with E-state index in [1.54, 1.807) is 22.4 Å². The Morgan fingerprint density at radius 1 is 1.05 bits per heavy atom. The van der Waals surface area contributed by atoms with Gasteiger partial charge in [-0.3, -0.25) is 4.79 Å². The molecule has 0 N–H and O–H groups in total. The molecule has 2 aromatic carbocycles. The Morgan fingerprint density at radius 2 is 1.81 bits per heavy atom. The van der Waals surface area contributed by atoms with Crippen molar-refractivity contribution in [3.63, 3.8) is 0 Å². The van der Waals surface area contributed by atoms with Crippen molar-refractivity contribution in [2.24, 2.45) is 0 Å². The fourth-order valence-corrected chi connectivity index (χ4v) is 7.75. The minimum absolute atomic E-state index is 0.0363. The van der Waals surface area contributed by atoms with Crippen LogP contribution < -0.4 is 4.74 Å². The lowest BCUT2D eigenvalue weighted by Gasteiger charge is -2.53. The zero-order valence-corrected chi connectivity index (χ0v) is 22.6. The summed E-state index contributed by atoms with van der Waals surface area (Å²) in [7, 11) is -1.84. The zero-order chi connectivity index (χ0) is 26.2. The first-order valence-corrected chi connectivity index (χ1v) is 14.5. The summed E-state index contributed by atoms with van der Waals surface area (Å²) in [5.41, 5.74) is 3.08. The van der Waals surface area contributed by atoms with Gasteiger partial charge in [0, 0.05) is 38.0 Å². The quantitative estimate of drug-likeness (QED) is 0.548. The van der Waals surface area contributed by atoms with Crippen LogP contribution in [0.15, 0.2) is 42.5 Å². The van der Waals surface area contributed by atoms with E-state index in [2.05, 4.69) is 0 Å². The Balaban J connectivity index is 1.26. The normalized spacial score (nSPS) is 23.7. The first-order valence-electron chi connectivity index (χ1n) is 12.9. The van der Waals surface area contributed by atoms with Crippen molar-refractivity contribution >= 4 is 15.9 Å². The van der Waals surface area contributed by atoms with Crippen LogP contribution >= 0.6 is 0 Å². The second kappa shape index (κ2) is 10.4. The number of carbonyl (C=O) groups is 1. The molecule has 5 rings (SSSR count). The van der Waals surface area contributed by atoms with Gasteiger partial charge in [-0.2, -0.15) is 4.31 Å². The van der Waals surface area contributed by atoms with Crippen LogP contribution in [0, 0.1) is 13.8 Å². The van der Waals surface area contributed by atoms with E-state index >= 15 is 0 Å². The maximum absolute atomic E-state index is 13.3. The van der Waals surface area contributed by atoms with Crippen LogP contribution in [0.4, 0.5) is 0 Å². The number of aryl methyl sites for hydroxylation is 2. The fraction of sp³-hybridized carbons (Fsp3) is 0.536.